The largest absolute Gasteiger partial charge is 0.417 e. The summed E-state index contributed by atoms with van der Waals surface area (Å²) < 4.78 is 40.9. The fraction of sp³-hybridized carbons (Fsp3) is 0.300. The maximum Gasteiger partial charge on any atom is 0.417 e. The van der Waals surface area contributed by atoms with E-state index in [0.717, 1.165) is 25.0 Å². The van der Waals surface area contributed by atoms with E-state index < -0.39 is 22.3 Å². The van der Waals surface area contributed by atoms with Gasteiger partial charge in [-0.3, -0.25) is 9.59 Å². The van der Waals surface area contributed by atoms with Gasteiger partial charge in [0.05, 0.1) is 21.5 Å². The Morgan fingerprint density at radius 3 is 2.59 bits per heavy atom. The summed E-state index contributed by atoms with van der Waals surface area (Å²) in [7, 11) is 0. The van der Waals surface area contributed by atoms with Crippen molar-refractivity contribution in [2.45, 2.75) is 25.6 Å². The third kappa shape index (κ3) is 3.64. The molecule has 9 heteroatoms. The number of alkyl halides is 3. The molecule has 0 spiro atoms. The van der Waals surface area contributed by atoms with Crippen LogP contribution in [0.2, 0.25) is 5.02 Å². The van der Waals surface area contributed by atoms with Crippen molar-refractivity contribution in [2.75, 3.05) is 13.1 Å². The van der Waals surface area contributed by atoms with Crippen molar-refractivity contribution >= 4 is 28.4 Å². The molecule has 1 N–H and O–H groups in total. The van der Waals surface area contributed by atoms with Crippen LogP contribution in [0.4, 0.5) is 13.2 Å². The summed E-state index contributed by atoms with van der Waals surface area (Å²) in [4.78, 5) is 30.0. The summed E-state index contributed by atoms with van der Waals surface area (Å²) >= 11 is 5.70. The molecule has 1 aromatic carbocycles. The number of pyridine rings is 1. The molecule has 0 atom stereocenters. The van der Waals surface area contributed by atoms with Crippen LogP contribution >= 0.6 is 11.6 Å². The van der Waals surface area contributed by atoms with E-state index in [0.29, 0.717) is 24.2 Å². The highest BCUT2D eigenvalue weighted by Gasteiger charge is 2.33. The van der Waals surface area contributed by atoms with Crippen molar-refractivity contribution in [1.82, 2.24) is 14.5 Å². The normalized spacial score (nSPS) is 14.7. The Hall–Kier alpha value is -2.74. The average Bonchev–Trinajstić information content (AvgIpc) is 3.33. The van der Waals surface area contributed by atoms with Gasteiger partial charge in [-0.05, 0) is 36.6 Å². The van der Waals surface area contributed by atoms with Gasteiger partial charge in [0.2, 0.25) is 5.91 Å². The van der Waals surface area contributed by atoms with Gasteiger partial charge in [0, 0.05) is 31.0 Å². The zero-order valence-corrected chi connectivity index (χ0v) is 16.0. The number of hydrogen-bond acceptors (Lipinski definition) is 2. The summed E-state index contributed by atoms with van der Waals surface area (Å²) in [5.41, 5.74) is -0.372. The number of amides is 1. The quantitative estimate of drug-likeness (QED) is 0.683. The Balaban J connectivity index is 1.77. The van der Waals surface area contributed by atoms with Crippen molar-refractivity contribution in [3.63, 3.8) is 0 Å². The van der Waals surface area contributed by atoms with Crippen LogP contribution in [-0.2, 0) is 17.5 Å². The Bertz CT molecular complexity index is 1140. The minimum Gasteiger partial charge on any atom is -0.360 e. The summed E-state index contributed by atoms with van der Waals surface area (Å²) in [5.74, 6) is -0.146. The summed E-state index contributed by atoms with van der Waals surface area (Å²) in [6, 6.07) is 5.17. The van der Waals surface area contributed by atoms with Crippen molar-refractivity contribution in [2.24, 2.45) is 0 Å². The number of nitrogens with zero attached hydrogens (tertiary/aromatic N) is 2. The van der Waals surface area contributed by atoms with Crippen LogP contribution in [-0.4, -0.2) is 33.4 Å². The van der Waals surface area contributed by atoms with Gasteiger partial charge in [0.15, 0.2) is 0 Å². The highest BCUT2D eigenvalue weighted by atomic mass is 35.5. The first-order chi connectivity index (χ1) is 13.8. The molecule has 0 unspecified atom stereocenters. The molecule has 0 radical (unpaired) electrons. The lowest BCUT2D eigenvalue weighted by Crippen LogP contribution is -2.34. The number of hydrogen-bond donors (Lipinski definition) is 1. The topological polar surface area (TPSA) is 58.1 Å². The minimum absolute atomic E-state index is 0.103. The standard InChI is InChI=1S/C20H17ClF3N3O2/c21-15-4-3-12(9-14(15)20(22,23)24)13-10-25-16-5-8-27(19(29)18(13)16)11-17(28)26-6-1-2-7-26/h3-5,8-10,25H,1-2,6-7,11H2. The number of carbonyl (C=O) groups is 1. The first kappa shape index (κ1) is 19.6. The number of aromatic nitrogens is 2. The third-order valence-electron chi connectivity index (χ3n) is 5.15. The lowest BCUT2D eigenvalue weighted by molar-refractivity contribution is -0.137. The first-order valence-corrected chi connectivity index (χ1v) is 9.49. The number of halogens is 4. The van der Waals surface area contributed by atoms with Crippen LogP contribution < -0.4 is 5.56 Å². The highest BCUT2D eigenvalue weighted by Crippen LogP contribution is 2.38. The van der Waals surface area contributed by atoms with Gasteiger partial charge >= 0.3 is 6.18 Å². The second-order valence-corrected chi connectivity index (χ2v) is 7.43. The predicted molar refractivity (Wildman–Crippen MR) is 104 cm³/mol. The summed E-state index contributed by atoms with van der Waals surface area (Å²) in [5, 5.41) is -0.174. The molecule has 1 aliphatic rings. The van der Waals surface area contributed by atoms with Crippen LogP contribution in [0.5, 0.6) is 0 Å². The molecule has 0 saturated carbocycles. The number of nitrogens with one attached hydrogen (secondary N) is 1. The Morgan fingerprint density at radius 1 is 1.17 bits per heavy atom. The second-order valence-electron chi connectivity index (χ2n) is 7.02. The molecule has 1 aliphatic heterocycles. The van der Waals surface area contributed by atoms with Crippen LogP contribution in [0, 0.1) is 0 Å². The van der Waals surface area contributed by atoms with Gasteiger partial charge in [0.1, 0.15) is 6.54 Å². The van der Waals surface area contributed by atoms with E-state index in [1.54, 1.807) is 11.0 Å². The van der Waals surface area contributed by atoms with E-state index >= 15 is 0 Å². The summed E-state index contributed by atoms with van der Waals surface area (Å²) in [6.45, 7) is 1.25. The number of likely N-dealkylation sites (tertiary alicyclic amines) is 1. The van der Waals surface area contributed by atoms with Gasteiger partial charge in [-0.15, -0.1) is 0 Å². The van der Waals surface area contributed by atoms with Crippen molar-refractivity contribution in [3.05, 3.63) is 57.6 Å². The third-order valence-corrected chi connectivity index (χ3v) is 5.48. The van der Waals surface area contributed by atoms with Crippen LogP contribution in [0.1, 0.15) is 18.4 Å². The highest BCUT2D eigenvalue weighted by molar-refractivity contribution is 6.31. The number of aromatic amines is 1. The molecule has 1 amide bonds. The van der Waals surface area contributed by atoms with Gasteiger partial charge in [-0.1, -0.05) is 17.7 Å². The molecular weight excluding hydrogens is 407 g/mol. The van der Waals surface area contributed by atoms with Crippen LogP contribution in [0.25, 0.3) is 22.0 Å². The fourth-order valence-electron chi connectivity index (χ4n) is 3.65. The maximum absolute atomic E-state index is 13.2. The van der Waals surface area contributed by atoms with Gasteiger partial charge in [-0.2, -0.15) is 13.2 Å². The van der Waals surface area contributed by atoms with Crippen molar-refractivity contribution < 1.29 is 18.0 Å². The number of H-pyrrole nitrogens is 1. The van der Waals surface area contributed by atoms with E-state index in [4.69, 9.17) is 11.6 Å². The Morgan fingerprint density at radius 2 is 1.90 bits per heavy atom. The zero-order chi connectivity index (χ0) is 20.8. The number of benzene rings is 1. The predicted octanol–water partition coefficient (Wildman–Crippen LogP) is 4.29. The second kappa shape index (κ2) is 7.26. The lowest BCUT2D eigenvalue weighted by atomic mass is 10.0. The zero-order valence-electron chi connectivity index (χ0n) is 15.2. The maximum atomic E-state index is 13.2. The van der Waals surface area contributed by atoms with Crippen LogP contribution in [0.3, 0.4) is 0 Å². The van der Waals surface area contributed by atoms with Gasteiger partial charge in [0.25, 0.3) is 5.56 Å². The molecule has 3 heterocycles. The molecule has 5 nitrogen and oxygen atoms in total. The molecular formula is C20H17ClF3N3O2. The van der Waals surface area contributed by atoms with E-state index in [9.17, 15) is 22.8 Å². The first-order valence-electron chi connectivity index (χ1n) is 9.11. The van der Waals surface area contributed by atoms with Gasteiger partial charge in [-0.25, -0.2) is 0 Å². The monoisotopic (exact) mass is 423 g/mol. The van der Waals surface area contributed by atoms with Crippen LogP contribution in [0.15, 0.2) is 41.5 Å². The molecule has 1 fully saturated rings. The molecule has 152 valence electrons. The minimum atomic E-state index is -4.61. The summed E-state index contributed by atoms with van der Waals surface area (Å²) in [6.07, 6.45) is 0.283. The molecule has 29 heavy (non-hydrogen) atoms. The SMILES string of the molecule is O=C(Cn1ccc2[nH]cc(-c3ccc(Cl)c(C(F)(F)F)c3)c2c1=O)N1CCCC1. The average molecular weight is 424 g/mol. The van der Waals surface area contributed by atoms with Crippen molar-refractivity contribution in [3.8, 4) is 11.1 Å². The molecule has 4 rings (SSSR count). The molecule has 2 aromatic heterocycles. The molecule has 3 aromatic rings. The number of rotatable bonds is 3. The molecule has 0 bridgehead atoms. The van der Waals surface area contributed by atoms with E-state index in [2.05, 4.69) is 4.98 Å². The molecule has 0 aliphatic carbocycles. The Kier molecular flexibility index (Phi) is 4.90. The number of fused-ring (bicyclic) bond motifs is 1. The molecule has 1 saturated heterocycles. The van der Waals surface area contributed by atoms with Crippen molar-refractivity contribution in [1.29, 1.82) is 0 Å². The fourth-order valence-corrected chi connectivity index (χ4v) is 3.88. The van der Waals surface area contributed by atoms with E-state index in [-0.39, 0.29) is 23.4 Å². The number of carbonyl (C=O) groups excluding carboxylic acids is 1. The van der Waals surface area contributed by atoms with E-state index in [1.165, 1.54) is 23.0 Å². The Labute approximate surface area is 168 Å². The lowest BCUT2D eigenvalue weighted by Gasteiger charge is -2.16. The van der Waals surface area contributed by atoms with E-state index in [1.807, 2.05) is 0 Å². The van der Waals surface area contributed by atoms with Gasteiger partial charge < -0.3 is 14.5 Å². The smallest absolute Gasteiger partial charge is 0.360 e.